The fourth-order valence-corrected chi connectivity index (χ4v) is 4.66. The van der Waals surface area contributed by atoms with Crippen LogP contribution in [-0.2, 0) is 9.59 Å². The van der Waals surface area contributed by atoms with Crippen molar-refractivity contribution in [2.75, 3.05) is 23.0 Å². The van der Waals surface area contributed by atoms with Crippen LogP contribution in [0.3, 0.4) is 0 Å². The maximum absolute atomic E-state index is 12.4. The van der Waals surface area contributed by atoms with Crippen LogP contribution in [0.15, 0.2) is 52.9 Å². The normalized spacial score (nSPS) is 11.0. The van der Waals surface area contributed by atoms with Crippen molar-refractivity contribution >= 4 is 56.5 Å². The summed E-state index contributed by atoms with van der Waals surface area (Å²) in [6.45, 7) is 4.04. The highest BCUT2D eigenvalue weighted by atomic mass is 32.2. The second-order valence-electron chi connectivity index (χ2n) is 6.89. The number of hydrogen-bond donors (Lipinski definition) is 1. The maximum atomic E-state index is 12.4. The number of carbonyl (C=O) groups excluding carboxylic acids is 2. The van der Waals surface area contributed by atoms with Crippen LogP contribution in [0.25, 0.3) is 10.2 Å². The third kappa shape index (κ3) is 5.33. The van der Waals surface area contributed by atoms with Gasteiger partial charge in [-0.1, -0.05) is 43.8 Å². The van der Waals surface area contributed by atoms with E-state index in [0.717, 1.165) is 25.9 Å². The molecule has 146 valence electrons. The summed E-state index contributed by atoms with van der Waals surface area (Å²) >= 11 is 2.97. The van der Waals surface area contributed by atoms with Crippen LogP contribution in [0.4, 0.5) is 11.4 Å². The molecule has 0 spiro atoms. The molecule has 3 aromatic rings. The molecule has 0 fully saturated rings. The molecule has 7 heteroatoms. The van der Waals surface area contributed by atoms with Crippen molar-refractivity contribution < 1.29 is 9.59 Å². The summed E-state index contributed by atoms with van der Waals surface area (Å²) in [6.07, 6.45) is 0.499. The van der Waals surface area contributed by atoms with Gasteiger partial charge in [0.05, 0.1) is 16.0 Å². The molecule has 0 saturated heterocycles. The van der Waals surface area contributed by atoms with Crippen LogP contribution < -0.4 is 10.2 Å². The average Bonchev–Trinajstić information content (AvgIpc) is 3.07. The number of anilines is 2. The number of aromatic nitrogens is 1. The molecule has 3 rings (SSSR count). The Morgan fingerprint density at radius 3 is 2.64 bits per heavy atom. The number of nitrogens with zero attached hydrogens (tertiary/aromatic N) is 2. The molecule has 0 saturated carbocycles. The second kappa shape index (κ2) is 9.21. The van der Waals surface area contributed by atoms with Crippen molar-refractivity contribution in [3.8, 4) is 0 Å². The third-order valence-corrected chi connectivity index (χ3v) is 6.23. The average molecular weight is 414 g/mol. The van der Waals surface area contributed by atoms with E-state index in [1.165, 1.54) is 23.1 Å². The summed E-state index contributed by atoms with van der Waals surface area (Å²) < 4.78 is 1.84. The van der Waals surface area contributed by atoms with Gasteiger partial charge >= 0.3 is 0 Å². The summed E-state index contributed by atoms with van der Waals surface area (Å²) in [6, 6.07) is 15.3. The van der Waals surface area contributed by atoms with Crippen molar-refractivity contribution in [3.63, 3.8) is 0 Å². The topological polar surface area (TPSA) is 62.3 Å². The zero-order valence-electron chi connectivity index (χ0n) is 16.1. The fourth-order valence-electron chi connectivity index (χ4n) is 2.64. The number of carbonyl (C=O) groups is 2. The van der Waals surface area contributed by atoms with Crippen molar-refractivity contribution in [2.24, 2.45) is 5.92 Å². The zero-order valence-corrected chi connectivity index (χ0v) is 17.8. The van der Waals surface area contributed by atoms with Gasteiger partial charge in [0.1, 0.15) is 0 Å². The van der Waals surface area contributed by atoms with E-state index in [-0.39, 0.29) is 11.8 Å². The predicted molar refractivity (Wildman–Crippen MR) is 118 cm³/mol. The third-order valence-electron chi connectivity index (χ3n) is 4.08. The molecule has 0 atom stereocenters. The first kappa shape index (κ1) is 20.4. The standard InChI is InChI=1S/C21H23N3O2S2/c1-14(2)11-19(25)22-15-9-10-17-18(12-15)28-21(23-17)27-13-20(26)24(3)16-7-5-4-6-8-16/h4-10,12,14H,11,13H2,1-3H3,(H,22,25). The minimum Gasteiger partial charge on any atom is -0.326 e. The Morgan fingerprint density at radius 2 is 1.93 bits per heavy atom. The summed E-state index contributed by atoms with van der Waals surface area (Å²) in [4.78, 5) is 30.6. The molecule has 0 aliphatic rings. The first-order valence-electron chi connectivity index (χ1n) is 9.07. The van der Waals surface area contributed by atoms with Gasteiger partial charge in [-0.15, -0.1) is 11.3 Å². The Morgan fingerprint density at radius 1 is 1.18 bits per heavy atom. The van der Waals surface area contributed by atoms with E-state index in [2.05, 4.69) is 10.3 Å². The van der Waals surface area contributed by atoms with Crippen LogP contribution >= 0.6 is 23.1 Å². The van der Waals surface area contributed by atoms with Crippen LogP contribution in [0, 0.1) is 5.92 Å². The smallest absolute Gasteiger partial charge is 0.237 e. The van der Waals surface area contributed by atoms with E-state index in [9.17, 15) is 9.59 Å². The van der Waals surface area contributed by atoms with Crippen molar-refractivity contribution in [3.05, 3.63) is 48.5 Å². The fraction of sp³-hybridized carbons (Fsp3) is 0.286. The Balaban J connectivity index is 1.62. The summed E-state index contributed by atoms with van der Waals surface area (Å²) in [5.41, 5.74) is 2.52. The van der Waals surface area contributed by atoms with Gasteiger partial charge in [-0.05, 0) is 36.2 Å². The molecule has 2 aromatic carbocycles. The Hall–Kier alpha value is -2.38. The van der Waals surface area contributed by atoms with Crippen LogP contribution in [0.5, 0.6) is 0 Å². The Labute approximate surface area is 173 Å². The lowest BCUT2D eigenvalue weighted by Crippen LogP contribution is -2.27. The number of benzene rings is 2. The molecule has 28 heavy (non-hydrogen) atoms. The maximum Gasteiger partial charge on any atom is 0.237 e. The van der Waals surface area contributed by atoms with Gasteiger partial charge in [0, 0.05) is 24.8 Å². The molecule has 1 aromatic heterocycles. The van der Waals surface area contributed by atoms with Crippen LogP contribution in [0.2, 0.25) is 0 Å². The molecule has 0 unspecified atom stereocenters. The largest absolute Gasteiger partial charge is 0.326 e. The number of para-hydroxylation sites is 1. The van der Waals surface area contributed by atoms with E-state index in [1.807, 2.05) is 62.4 Å². The van der Waals surface area contributed by atoms with Gasteiger partial charge in [-0.25, -0.2) is 4.98 Å². The molecular formula is C21H23N3O2S2. The predicted octanol–water partition coefficient (Wildman–Crippen LogP) is 5.04. The van der Waals surface area contributed by atoms with Crippen molar-refractivity contribution in [2.45, 2.75) is 24.6 Å². The number of thioether (sulfide) groups is 1. The van der Waals surface area contributed by atoms with E-state index < -0.39 is 0 Å². The number of amides is 2. The number of hydrogen-bond acceptors (Lipinski definition) is 5. The lowest BCUT2D eigenvalue weighted by Gasteiger charge is -2.16. The molecule has 1 N–H and O–H groups in total. The monoisotopic (exact) mass is 413 g/mol. The van der Waals surface area contributed by atoms with Gasteiger partial charge in [-0.3, -0.25) is 9.59 Å². The molecule has 2 amide bonds. The molecule has 1 heterocycles. The van der Waals surface area contributed by atoms with Gasteiger partial charge in [0.25, 0.3) is 0 Å². The van der Waals surface area contributed by atoms with E-state index in [0.29, 0.717) is 18.1 Å². The highest BCUT2D eigenvalue weighted by molar-refractivity contribution is 8.01. The first-order chi connectivity index (χ1) is 13.4. The van der Waals surface area contributed by atoms with E-state index in [4.69, 9.17) is 0 Å². The highest BCUT2D eigenvalue weighted by Crippen LogP contribution is 2.31. The van der Waals surface area contributed by atoms with Gasteiger partial charge in [-0.2, -0.15) is 0 Å². The second-order valence-corrected chi connectivity index (χ2v) is 9.14. The highest BCUT2D eigenvalue weighted by Gasteiger charge is 2.13. The van der Waals surface area contributed by atoms with Gasteiger partial charge in [0.2, 0.25) is 11.8 Å². The minimum absolute atomic E-state index is 0.0167. The summed E-state index contributed by atoms with van der Waals surface area (Å²) in [7, 11) is 1.78. The van der Waals surface area contributed by atoms with Crippen LogP contribution in [0.1, 0.15) is 20.3 Å². The molecule has 5 nitrogen and oxygen atoms in total. The molecule has 0 radical (unpaired) electrons. The van der Waals surface area contributed by atoms with Gasteiger partial charge in [0.15, 0.2) is 4.34 Å². The minimum atomic E-state index is 0.0167. The SMILES string of the molecule is CC(C)CC(=O)Nc1ccc2nc(SCC(=O)N(C)c3ccccc3)sc2c1. The lowest BCUT2D eigenvalue weighted by atomic mass is 10.1. The Bertz CT molecular complexity index is 970. The molecular weight excluding hydrogens is 390 g/mol. The molecule has 0 bridgehead atoms. The quantitative estimate of drug-likeness (QED) is 0.552. The summed E-state index contributed by atoms with van der Waals surface area (Å²) in [5.74, 6) is 0.685. The lowest BCUT2D eigenvalue weighted by molar-refractivity contribution is -0.117. The van der Waals surface area contributed by atoms with Crippen molar-refractivity contribution in [1.29, 1.82) is 0 Å². The summed E-state index contributed by atoms with van der Waals surface area (Å²) in [5, 5.41) is 2.93. The van der Waals surface area contributed by atoms with Crippen LogP contribution in [-0.4, -0.2) is 29.6 Å². The number of thiazole rings is 1. The first-order valence-corrected chi connectivity index (χ1v) is 10.9. The molecule has 0 aliphatic heterocycles. The Kier molecular flexibility index (Phi) is 6.70. The zero-order chi connectivity index (χ0) is 20.1. The number of rotatable bonds is 7. The number of nitrogens with one attached hydrogen (secondary N) is 1. The van der Waals surface area contributed by atoms with E-state index >= 15 is 0 Å². The molecule has 0 aliphatic carbocycles. The van der Waals surface area contributed by atoms with E-state index in [1.54, 1.807) is 11.9 Å². The van der Waals surface area contributed by atoms with Crippen molar-refractivity contribution in [1.82, 2.24) is 4.98 Å². The number of fused-ring (bicyclic) bond motifs is 1. The van der Waals surface area contributed by atoms with Gasteiger partial charge < -0.3 is 10.2 Å².